The Hall–Kier alpha value is -1.64. The van der Waals surface area contributed by atoms with Gasteiger partial charge in [0.1, 0.15) is 12.1 Å². The van der Waals surface area contributed by atoms with E-state index in [2.05, 4.69) is 27.9 Å². The Morgan fingerprint density at radius 3 is 2.56 bits per heavy atom. The summed E-state index contributed by atoms with van der Waals surface area (Å²) >= 11 is 2.20. The summed E-state index contributed by atoms with van der Waals surface area (Å²) in [5.74, 6) is -0.587. The molecule has 0 atom stereocenters. The fourth-order valence-electron chi connectivity index (χ4n) is 3.69. The van der Waals surface area contributed by atoms with Crippen LogP contribution in [0.25, 0.3) is 0 Å². The molecule has 1 spiro atoms. The number of aryl methyl sites for hydroxylation is 1. The average molecular weight is 455 g/mol. The monoisotopic (exact) mass is 455 g/mol. The largest absolute Gasteiger partial charge is 0.327 e. The van der Waals surface area contributed by atoms with E-state index in [4.69, 9.17) is 0 Å². The van der Waals surface area contributed by atoms with Gasteiger partial charge in [-0.1, -0.05) is 25.3 Å². The van der Waals surface area contributed by atoms with E-state index in [-0.39, 0.29) is 24.4 Å². The molecule has 7 heteroatoms. The van der Waals surface area contributed by atoms with Gasteiger partial charge < -0.3 is 10.2 Å². The highest BCUT2D eigenvalue weighted by atomic mass is 127. The van der Waals surface area contributed by atoms with E-state index >= 15 is 0 Å². The SMILES string of the molecule is Cc1ccc(NC(=O)CN2C(=O)N(C)C3(CCCCC3)C2=O)cc1I. The zero-order chi connectivity index (χ0) is 18.2. The van der Waals surface area contributed by atoms with Crippen molar-refractivity contribution in [3.8, 4) is 0 Å². The first-order valence-corrected chi connectivity index (χ1v) is 9.59. The predicted molar refractivity (Wildman–Crippen MR) is 103 cm³/mol. The Labute approximate surface area is 161 Å². The molecule has 0 unspecified atom stereocenters. The topological polar surface area (TPSA) is 69.7 Å². The molecule has 1 N–H and O–H groups in total. The second kappa shape index (κ2) is 6.93. The van der Waals surface area contributed by atoms with Crippen LogP contribution in [0, 0.1) is 10.5 Å². The summed E-state index contributed by atoms with van der Waals surface area (Å²) in [6.07, 6.45) is 4.32. The van der Waals surface area contributed by atoms with E-state index in [0.29, 0.717) is 18.5 Å². The molecule has 1 saturated carbocycles. The summed E-state index contributed by atoms with van der Waals surface area (Å²) in [7, 11) is 1.67. The Bertz CT molecular complexity index is 728. The van der Waals surface area contributed by atoms with Gasteiger partial charge in [-0.05, 0) is 60.1 Å². The Balaban J connectivity index is 1.71. The van der Waals surface area contributed by atoms with Gasteiger partial charge in [-0.2, -0.15) is 0 Å². The number of anilines is 1. The van der Waals surface area contributed by atoms with Crippen LogP contribution in [0.15, 0.2) is 18.2 Å². The van der Waals surface area contributed by atoms with Crippen molar-refractivity contribution in [3.63, 3.8) is 0 Å². The Morgan fingerprint density at radius 1 is 1.24 bits per heavy atom. The van der Waals surface area contributed by atoms with Gasteiger partial charge >= 0.3 is 6.03 Å². The van der Waals surface area contributed by atoms with Crippen molar-refractivity contribution in [1.29, 1.82) is 0 Å². The molecule has 1 aliphatic heterocycles. The number of benzene rings is 1. The minimum atomic E-state index is -0.741. The van der Waals surface area contributed by atoms with Gasteiger partial charge in [-0.25, -0.2) is 4.79 Å². The van der Waals surface area contributed by atoms with Crippen LogP contribution in [0.1, 0.15) is 37.7 Å². The zero-order valence-corrected chi connectivity index (χ0v) is 16.6. The van der Waals surface area contributed by atoms with Crippen molar-refractivity contribution in [2.75, 3.05) is 18.9 Å². The molecule has 2 aliphatic rings. The van der Waals surface area contributed by atoms with E-state index < -0.39 is 5.54 Å². The first-order chi connectivity index (χ1) is 11.8. The molecule has 1 saturated heterocycles. The highest BCUT2D eigenvalue weighted by Gasteiger charge is 2.55. The summed E-state index contributed by atoms with van der Waals surface area (Å²) in [5, 5.41) is 2.78. The fourth-order valence-corrected chi connectivity index (χ4v) is 4.20. The molecule has 25 heavy (non-hydrogen) atoms. The van der Waals surface area contributed by atoms with Gasteiger partial charge in [0.05, 0.1) is 0 Å². The summed E-state index contributed by atoms with van der Waals surface area (Å²) in [6, 6.07) is 5.24. The molecule has 1 heterocycles. The van der Waals surface area contributed by atoms with Crippen LogP contribution in [-0.2, 0) is 9.59 Å². The highest BCUT2D eigenvalue weighted by Crippen LogP contribution is 2.39. The number of halogens is 1. The van der Waals surface area contributed by atoms with E-state index in [1.165, 1.54) is 4.90 Å². The van der Waals surface area contributed by atoms with E-state index in [1.807, 2.05) is 25.1 Å². The lowest BCUT2D eigenvalue weighted by molar-refractivity contribution is -0.136. The standard InChI is InChI=1S/C18H22IN3O3/c1-12-6-7-13(10-14(12)19)20-15(23)11-22-16(24)18(21(2)17(22)25)8-4-3-5-9-18/h6-7,10H,3-5,8-9,11H2,1-2H3,(H,20,23). The minimum Gasteiger partial charge on any atom is -0.324 e. The number of hydrogen-bond donors (Lipinski definition) is 1. The van der Waals surface area contributed by atoms with Gasteiger partial charge in [-0.15, -0.1) is 0 Å². The molecular weight excluding hydrogens is 433 g/mol. The van der Waals surface area contributed by atoms with Crippen molar-refractivity contribution in [1.82, 2.24) is 9.80 Å². The van der Waals surface area contributed by atoms with E-state index in [9.17, 15) is 14.4 Å². The Morgan fingerprint density at radius 2 is 1.92 bits per heavy atom. The summed E-state index contributed by atoms with van der Waals surface area (Å²) in [5.41, 5.74) is 1.05. The molecule has 1 aromatic carbocycles. The smallest absolute Gasteiger partial charge is 0.324 e. The van der Waals surface area contributed by atoms with Crippen molar-refractivity contribution in [2.24, 2.45) is 0 Å². The van der Waals surface area contributed by atoms with Gasteiger partial charge in [-0.3, -0.25) is 14.5 Å². The van der Waals surface area contributed by atoms with Crippen LogP contribution in [0.4, 0.5) is 10.5 Å². The van der Waals surface area contributed by atoms with Crippen molar-refractivity contribution in [3.05, 3.63) is 27.3 Å². The lowest BCUT2D eigenvalue weighted by atomic mass is 9.81. The fraction of sp³-hybridized carbons (Fsp3) is 0.500. The van der Waals surface area contributed by atoms with Crippen LogP contribution in [-0.4, -0.2) is 46.8 Å². The maximum Gasteiger partial charge on any atom is 0.327 e. The number of urea groups is 1. The molecule has 6 nitrogen and oxygen atoms in total. The normalized spacial score (nSPS) is 19.6. The minimum absolute atomic E-state index is 0.228. The third-order valence-electron chi connectivity index (χ3n) is 5.24. The third kappa shape index (κ3) is 3.26. The third-order valence-corrected chi connectivity index (χ3v) is 6.40. The number of amides is 4. The number of imide groups is 1. The van der Waals surface area contributed by atoms with Crippen LogP contribution in [0.2, 0.25) is 0 Å². The van der Waals surface area contributed by atoms with Crippen LogP contribution in [0.3, 0.4) is 0 Å². The van der Waals surface area contributed by atoms with Crippen LogP contribution in [0.5, 0.6) is 0 Å². The van der Waals surface area contributed by atoms with Gasteiger partial charge in [0, 0.05) is 16.3 Å². The summed E-state index contributed by atoms with van der Waals surface area (Å²) in [4.78, 5) is 40.4. The van der Waals surface area contributed by atoms with Crippen molar-refractivity contribution >= 4 is 46.1 Å². The molecule has 2 fully saturated rings. The zero-order valence-electron chi connectivity index (χ0n) is 14.5. The summed E-state index contributed by atoms with van der Waals surface area (Å²) < 4.78 is 1.05. The molecule has 1 aliphatic carbocycles. The number of nitrogens with zero attached hydrogens (tertiary/aromatic N) is 2. The maximum absolute atomic E-state index is 12.9. The van der Waals surface area contributed by atoms with Crippen LogP contribution < -0.4 is 5.32 Å². The second-order valence-corrected chi connectivity index (χ2v) is 8.00. The molecular formula is C18H22IN3O3. The quantitative estimate of drug-likeness (QED) is 0.563. The number of carbonyl (C=O) groups excluding carboxylic acids is 3. The number of nitrogens with one attached hydrogen (secondary N) is 1. The van der Waals surface area contributed by atoms with Crippen LogP contribution >= 0.6 is 22.6 Å². The molecule has 0 radical (unpaired) electrons. The second-order valence-electron chi connectivity index (χ2n) is 6.84. The van der Waals surface area contributed by atoms with E-state index in [0.717, 1.165) is 33.3 Å². The summed E-state index contributed by atoms with van der Waals surface area (Å²) in [6.45, 7) is 1.75. The molecule has 0 aromatic heterocycles. The highest BCUT2D eigenvalue weighted by molar-refractivity contribution is 14.1. The first kappa shape index (κ1) is 18.2. The number of rotatable bonds is 3. The molecule has 0 bridgehead atoms. The van der Waals surface area contributed by atoms with Gasteiger partial charge in [0.25, 0.3) is 5.91 Å². The maximum atomic E-state index is 12.9. The lowest BCUT2D eigenvalue weighted by Crippen LogP contribution is -2.49. The number of carbonyl (C=O) groups is 3. The van der Waals surface area contributed by atoms with Gasteiger partial charge in [0.15, 0.2) is 0 Å². The number of hydrogen-bond acceptors (Lipinski definition) is 3. The van der Waals surface area contributed by atoms with Crippen molar-refractivity contribution in [2.45, 2.75) is 44.6 Å². The predicted octanol–water partition coefficient (Wildman–Crippen LogP) is 3.14. The molecule has 134 valence electrons. The first-order valence-electron chi connectivity index (χ1n) is 8.51. The van der Waals surface area contributed by atoms with Gasteiger partial charge in [0.2, 0.25) is 5.91 Å². The number of likely N-dealkylation sites (N-methyl/N-ethyl adjacent to an activating group) is 1. The average Bonchev–Trinajstić information content (AvgIpc) is 2.75. The molecule has 4 amide bonds. The Kier molecular flexibility index (Phi) is 5.04. The molecule has 3 rings (SSSR count). The molecule has 1 aromatic rings. The van der Waals surface area contributed by atoms with E-state index in [1.54, 1.807) is 7.05 Å². The lowest BCUT2D eigenvalue weighted by Gasteiger charge is -2.35. The van der Waals surface area contributed by atoms with Crippen molar-refractivity contribution < 1.29 is 14.4 Å².